The summed E-state index contributed by atoms with van der Waals surface area (Å²) in [7, 11) is 0. The smallest absolute Gasteiger partial charge is 0.234 e. The highest BCUT2D eigenvalue weighted by atomic mass is 16.2. The van der Waals surface area contributed by atoms with Gasteiger partial charge in [0.2, 0.25) is 5.91 Å². The lowest BCUT2D eigenvalue weighted by Gasteiger charge is -2.31. The minimum Gasteiger partial charge on any atom is -0.355 e. The number of amides is 1. The fourth-order valence-electron chi connectivity index (χ4n) is 1.93. The number of carbonyl (C=O) groups is 2. The van der Waals surface area contributed by atoms with Crippen LogP contribution in [0.4, 0.5) is 0 Å². The van der Waals surface area contributed by atoms with Gasteiger partial charge in [-0.3, -0.25) is 9.69 Å². The summed E-state index contributed by atoms with van der Waals surface area (Å²) < 4.78 is 0. The molecule has 1 amide bonds. The predicted molar refractivity (Wildman–Crippen MR) is 63.1 cm³/mol. The second kappa shape index (κ2) is 6.63. The Hall–Kier alpha value is -0.900. The van der Waals surface area contributed by atoms with E-state index in [4.69, 9.17) is 0 Å². The van der Waals surface area contributed by atoms with Crippen molar-refractivity contribution in [3.63, 3.8) is 0 Å². The van der Waals surface area contributed by atoms with Crippen LogP contribution in [0.15, 0.2) is 0 Å². The number of nitrogens with zero attached hydrogens (tertiary/aromatic N) is 1. The van der Waals surface area contributed by atoms with Crippen molar-refractivity contribution in [3.8, 4) is 0 Å². The van der Waals surface area contributed by atoms with Crippen molar-refractivity contribution in [1.29, 1.82) is 0 Å². The van der Waals surface area contributed by atoms with Crippen molar-refractivity contribution in [2.24, 2.45) is 5.92 Å². The van der Waals surface area contributed by atoms with Gasteiger partial charge >= 0.3 is 0 Å². The number of hydrogen-bond acceptors (Lipinski definition) is 3. The van der Waals surface area contributed by atoms with E-state index in [1.807, 2.05) is 4.90 Å². The first-order chi connectivity index (χ1) is 7.63. The van der Waals surface area contributed by atoms with Gasteiger partial charge in [0.1, 0.15) is 6.29 Å². The molecule has 4 nitrogen and oxygen atoms in total. The average molecular weight is 226 g/mol. The van der Waals surface area contributed by atoms with Crippen molar-refractivity contribution >= 4 is 12.2 Å². The maximum absolute atomic E-state index is 11.6. The fraction of sp³-hybridized carbons (Fsp3) is 0.833. The minimum absolute atomic E-state index is 0.0300. The van der Waals surface area contributed by atoms with Crippen LogP contribution in [0.5, 0.6) is 0 Å². The molecular formula is C12H22N2O2. The van der Waals surface area contributed by atoms with Crippen LogP contribution >= 0.6 is 0 Å². The summed E-state index contributed by atoms with van der Waals surface area (Å²) in [6, 6.07) is -0.0569. The Balaban J connectivity index is 2.33. The standard InChI is InChI=1S/C12H22N2O2/c1-10(2)7-13-12(16)8-14-6-4-3-5-11(14)9-15/h9-11H,3-8H2,1-2H3,(H,13,16). The molecule has 0 aliphatic carbocycles. The van der Waals surface area contributed by atoms with E-state index < -0.39 is 0 Å². The van der Waals surface area contributed by atoms with Gasteiger partial charge in [-0.1, -0.05) is 20.3 Å². The van der Waals surface area contributed by atoms with E-state index in [2.05, 4.69) is 19.2 Å². The predicted octanol–water partition coefficient (Wildman–Crippen LogP) is 0.812. The molecule has 1 atom stereocenters. The number of nitrogens with one attached hydrogen (secondary N) is 1. The van der Waals surface area contributed by atoms with Crippen LogP contribution in [0.2, 0.25) is 0 Å². The van der Waals surface area contributed by atoms with Gasteiger partial charge in [0.15, 0.2) is 0 Å². The second-order valence-corrected chi connectivity index (χ2v) is 4.87. The molecule has 16 heavy (non-hydrogen) atoms. The van der Waals surface area contributed by atoms with E-state index in [1.165, 1.54) is 0 Å². The summed E-state index contributed by atoms with van der Waals surface area (Å²) in [4.78, 5) is 24.4. The third-order valence-electron chi connectivity index (χ3n) is 2.88. The highest BCUT2D eigenvalue weighted by molar-refractivity contribution is 5.78. The molecule has 1 saturated heterocycles. The zero-order valence-corrected chi connectivity index (χ0v) is 10.2. The Labute approximate surface area is 97.4 Å². The number of likely N-dealkylation sites (tertiary alicyclic amines) is 1. The summed E-state index contributed by atoms with van der Waals surface area (Å²) in [5.74, 6) is 0.495. The summed E-state index contributed by atoms with van der Waals surface area (Å²) >= 11 is 0. The first kappa shape index (κ1) is 13.2. The molecule has 1 fully saturated rings. The van der Waals surface area contributed by atoms with Crippen LogP contribution in [0.3, 0.4) is 0 Å². The molecule has 4 heteroatoms. The van der Waals surface area contributed by atoms with E-state index in [-0.39, 0.29) is 11.9 Å². The Bertz CT molecular complexity index is 241. The molecule has 0 bridgehead atoms. The summed E-state index contributed by atoms with van der Waals surface area (Å²) in [6.45, 7) is 6.05. The van der Waals surface area contributed by atoms with Crippen molar-refractivity contribution < 1.29 is 9.59 Å². The van der Waals surface area contributed by atoms with Crippen molar-refractivity contribution in [3.05, 3.63) is 0 Å². The van der Waals surface area contributed by atoms with Crippen LogP contribution < -0.4 is 5.32 Å². The molecule has 1 unspecified atom stereocenters. The van der Waals surface area contributed by atoms with Crippen molar-refractivity contribution in [1.82, 2.24) is 10.2 Å². The van der Waals surface area contributed by atoms with E-state index in [0.717, 1.165) is 32.1 Å². The van der Waals surface area contributed by atoms with Crippen LogP contribution in [-0.4, -0.2) is 42.8 Å². The molecule has 0 saturated carbocycles. The van der Waals surface area contributed by atoms with Crippen LogP contribution in [0.25, 0.3) is 0 Å². The lowest BCUT2D eigenvalue weighted by atomic mass is 10.0. The number of hydrogen-bond donors (Lipinski definition) is 1. The van der Waals surface area contributed by atoms with Crippen molar-refractivity contribution in [2.75, 3.05) is 19.6 Å². The SMILES string of the molecule is CC(C)CNC(=O)CN1CCCCC1C=O. The van der Waals surface area contributed by atoms with E-state index in [9.17, 15) is 9.59 Å². The van der Waals surface area contributed by atoms with Crippen molar-refractivity contribution in [2.45, 2.75) is 39.2 Å². The molecule has 1 aliphatic heterocycles. The number of piperidine rings is 1. The third-order valence-corrected chi connectivity index (χ3v) is 2.88. The van der Waals surface area contributed by atoms with Gasteiger partial charge in [0.25, 0.3) is 0 Å². The lowest BCUT2D eigenvalue weighted by molar-refractivity contribution is -0.124. The van der Waals surface area contributed by atoms with E-state index >= 15 is 0 Å². The molecule has 1 heterocycles. The van der Waals surface area contributed by atoms with Gasteiger partial charge in [0, 0.05) is 6.54 Å². The van der Waals surface area contributed by atoms with Crippen LogP contribution in [0, 0.1) is 5.92 Å². The zero-order chi connectivity index (χ0) is 12.0. The monoisotopic (exact) mass is 226 g/mol. The second-order valence-electron chi connectivity index (χ2n) is 4.87. The molecular weight excluding hydrogens is 204 g/mol. The Morgan fingerprint density at radius 2 is 2.25 bits per heavy atom. The zero-order valence-electron chi connectivity index (χ0n) is 10.2. The average Bonchev–Trinajstić information content (AvgIpc) is 2.27. The third kappa shape index (κ3) is 4.31. The molecule has 0 radical (unpaired) electrons. The fourth-order valence-corrected chi connectivity index (χ4v) is 1.93. The number of rotatable bonds is 5. The summed E-state index contributed by atoms with van der Waals surface area (Å²) in [5, 5.41) is 2.88. The van der Waals surface area contributed by atoms with Gasteiger partial charge < -0.3 is 10.1 Å². The Morgan fingerprint density at radius 3 is 2.88 bits per heavy atom. The largest absolute Gasteiger partial charge is 0.355 e. The molecule has 0 spiro atoms. The molecule has 1 aliphatic rings. The molecule has 0 aromatic heterocycles. The minimum atomic E-state index is -0.0569. The van der Waals surface area contributed by atoms with Gasteiger partial charge in [-0.2, -0.15) is 0 Å². The number of carbonyl (C=O) groups excluding carboxylic acids is 2. The van der Waals surface area contributed by atoms with Gasteiger partial charge in [0.05, 0.1) is 12.6 Å². The first-order valence-electron chi connectivity index (χ1n) is 6.09. The number of aldehydes is 1. The highest BCUT2D eigenvalue weighted by Crippen LogP contribution is 2.14. The maximum atomic E-state index is 11.6. The molecule has 92 valence electrons. The summed E-state index contributed by atoms with van der Waals surface area (Å²) in [5.41, 5.74) is 0. The highest BCUT2D eigenvalue weighted by Gasteiger charge is 2.23. The lowest BCUT2D eigenvalue weighted by Crippen LogP contribution is -2.46. The Kier molecular flexibility index (Phi) is 5.46. The summed E-state index contributed by atoms with van der Waals surface area (Å²) in [6.07, 6.45) is 4.03. The Morgan fingerprint density at radius 1 is 1.50 bits per heavy atom. The molecule has 1 N–H and O–H groups in total. The maximum Gasteiger partial charge on any atom is 0.234 e. The molecule has 1 rings (SSSR count). The first-order valence-corrected chi connectivity index (χ1v) is 6.09. The van der Waals surface area contributed by atoms with E-state index in [0.29, 0.717) is 19.0 Å². The topological polar surface area (TPSA) is 49.4 Å². The normalized spacial score (nSPS) is 22.1. The quantitative estimate of drug-likeness (QED) is 0.706. The van der Waals surface area contributed by atoms with Crippen LogP contribution in [-0.2, 0) is 9.59 Å². The van der Waals surface area contributed by atoms with Crippen LogP contribution in [0.1, 0.15) is 33.1 Å². The van der Waals surface area contributed by atoms with Gasteiger partial charge in [-0.15, -0.1) is 0 Å². The van der Waals surface area contributed by atoms with E-state index in [1.54, 1.807) is 0 Å². The molecule has 0 aromatic carbocycles. The molecule has 0 aromatic rings. The van der Waals surface area contributed by atoms with Gasteiger partial charge in [-0.05, 0) is 25.3 Å². The van der Waals surface area contributed by atoms with Gasteiger partial charge in [-0.25, -0.2) is 0 Å².